The predicted molar refractivity (Wildman–Crippen MR) is 76.4 cm³/mol. The highest BCUT2D eigenvalue weighted by Crippen LogP contribution is 2.29. The topological polar surface area (TPSA) is 15.3 Å². The van der Waals surface area contributed by atoms with Crippen LogP contribution >= 0.6 is 0 Å². The maximum atomic E-state index is 3.90. The third kappa shape index (κ3) is 5.69. The number of hydrogen-bond donors (Lipinski definition) is 1. The Morgan fingerprint density at radius 1 is 1.41 bits per heavy atom. The summed E-state index contributed by atoms with van der Waals surface area (Å²) in [4.78, 5) is 2.65. The minimum Gasteiger partial charge on any atom is -0.311 e. The van der Waals surface area contributed by atoms with E-state index >= 15 is 0 Å². The van der Waals surface area contributed by atoms with Crippen molar-refractivity contribution in [2.24, 2.45) is 0 Å². The molecule has 0 aromatic carbocycles. The van der Waals surface area contributed by atoms with Gasteiger partial charge in [0, 0.05) is 30.7 Å². The molecule has 0 aromatic rings. The summed E-state index contributed by atoms with van der Waals surface area (Å²) in [7, 11) is 0. The summed E-state index contributed by atoms with van der Waals surface area (Å²) in [6.07, 6.45) is 7.36. The van der Waals surface area contributed by atoms with Crippen LogP contribution in [0.25, 0.3) is 0 Å². The molecule has 1 fully saturated rings. The second-order valence-electron chi connectivity index (χ2n) is 6.29. The van der Waals surface area contributed by atoms with Crippen LogP contribution < -0.4 is 5.32 Å². The van der Waals surface area contributed by atoms with Crippen LogP contribution in [0.1, 0.15) is 53.4 Å². The largest absolute Gasteiger partial charge is 0.311 e. The van der Waals surface area contributed by atoms with Gasteiger partial charge in [-0.15, -0.1) is 6.58 Å². The van der Waals surface area contributed by atoms with E-state index in [1.165, 1.54) is 25.7 Å². The molecule has 2 heteroatoms. The molecule has 1 saturated carbocycles. The van der Waals surface area contributed by atoms with Crippen molar-refractivity contribution in [1.82, 2.24) is 10.2 Å². The van der Waals surface area contributed by atoms with E-state index < -0.39 is 0 Å². The Kier molecular flexibility index (Phi) is 5.68. The average Bonchev–Trinajstić information content (AvgIpc) is 3.03. The van der Waals surface area contributed by atoms with Crippen molar-refractivity contribution in [3.8, 4) is 0 Å². The molecule has 0 aromatic heterocycles. The third-order valence-electron chi connectivity index (χ3n) is 3.31. The van der Waals surface area contributed by atoms with Crippen LogP contribution in [0.15, 0.2) is 12.7 Å². The first-order valence-electron chi connectivity index (χ1n) is 7.09. The first-order valence-corrected chi connectivity index (χ1v) is 7.09. The van der Waals surface area contributed by atoms with Gasteiger partial charge in [0.15, 0.2) is 0 Å². The van der Waals surface area contributed by atoms with E-state index in [0.717, 1.165) is 19.1 Å². The van der Waals surface area contributed by atoms with Crippen LogP contribution in [-0.2, 0) is 0 Å². The second kappa shape index (κ2) is 6.55. The average molecular weight is 238 g/mol. The summed E-state index contributed by atoms with van der Waals surface area (Å²) in [5.41, 5.74) is 0.218. The van der Waals surface area contributed by atoms with Gasteiger partial charge in [-0.3, -0.25) is 4.90 Å². The molecule has 0 saturated heterocycles. The van der Waals surface area contributed by atoms with E-state index in [2.05, 4.69) is 50.6 Å². The van der Waals surface area contributed by atoms with Gasteiger partial charge in [-0.25, -0.2) is 0 Å². The Labute approximate surface area is 107 Å². The van der Waals surface area contributed by atoms with Crippen LogP contribution in [-0.4, -0.2) is 35.6 Å². The first-order chi connectivity index (χ1) is 7.98. The van der Waals surface area contributed by atoms with Gasteiger partial charge in [-0.1, -0.05) is 19.4 Å². The van der Waals surface area contributed by atoms with Crippen molar-refractivity contribution >= 4 is 0 Å². The maximum Gasteiger partial charge on any atom is 0.0226 e. The molecule has 100 valence electrons. The van der Waals surface area contributed by atoms with Crippen molar-refractivity contribution in [2.45, 2.75) is 71.0 Å². The standard InChI is InChI=1S/C15H30N2/c1-6-8-14(12-16-15(3,4)5)17(11-7-2)13-9-10-13/h7,13-14,16H,2,6,8-12H2,1,3-5H3. The van der Waals surface area contributed by atoms with Gasteiger partial charge >= 0.3 is 0 Å². The lowest BCUT2D eigenvalue weighted by atomic mass is 10.1. The Balaban J connectivity index is 2.51. The van der Waals surface area contributed by atoms with Crippen LogP contribution in [0.3, 0.4) is 0 Å². The molecule has 1 atom stereocenters. The Morgan fingerprint density at radius 2 is 2.06 bits per heavy atom. The molecular formula is C15H30N2. The van der Waals surface area contributed by atoms with Gasteiger partial charge in [0.25, 0.3) is 0 Å². The lowest BCUT2D eigenvalue weighted by molar-refractivity contribution is 0.181. The molecule has 0 spiro atoms. The van der Waals surface area contributed by atoms with E-state index in [9.17, 15) is 0 Å². The van der Waals surface area contributed by atoms with Crippen LogP contribution in [0, 0.1) is 0 Å². The van der Waals surface area contributed by atoms with Crippen molar-refractivity contribution in [3.63, 3.8) is 0 Å². The van der Waals surface area contributed by atoms with Crippen LogP contribution in [0.5, 0.6) is 0 Å². The van der Waals surface area contributed by atoms with E-state index in [4.69, 9.17) is 0 Å². The fourth-order valence-corrected chi connectivity index (χ4v) is 2.29. The number of rotatable bonds is 8. The minimum absolute atomic E-state index is 0.218. The summed E-state index contributed by atoms with van der Waals surface area (Å²) in [6.45, 7) is 15.0. The van der Waals surface area contributed by atoms with Gasteiger partial charge in [-0.2, -0.15) is 0 Å². The first kappa shape index (κ1) is 14.7. The van der Waals surface area contributed by atoms with Gasteiger partial charge in [-0.05, 0) is 40.0 Å². The zero-order valence-electron chi connectivity index (χ0n) is 12.1. The maximum absolute atomic E-state index is 3.90. The van der Waals surface area contributed by atoms with Crippen molar-refractivity contribution in [3.05, 3.63) is 12.7 Å². The van der Waals surface area contributed by atoms with E-state index in [0.29, 0.717) is 6.04 Å². The van der Waals surface area contributed by atoms with E-state index in [-0.39, 0.29) is 5.54 Å². The Hall–Kier alpha value is -0.340. The van der Waals surface area contributed by atoms with E-state index in [1.807, 2.05) is 0 Å². The molecule has 0 heterocycles. The fraction of sp³-hybridized carbons (Fsp3) is 0.867. The van der Waals surface area contributed by atoms with Crippen molar-refractivity contribution < 1.29 is 0 Å². The number of nitrogens with one attached hydrogen (secondary N) is 1. The molecule has 1 aliphatic carbocycles. The highest BCUT2D eigenvalue weighted by Gasteiger charge is 2.32. The number of hydrogen-bond acceptors (Lipinski definition) is 2. The summed E-state index contributed by atoms with van der Waals surface area (Å²) < 4.78 is 0. The highest BCUT2D eigenvalue weighted by molar-refractivity contribution is 4.93. The van der Waals surface area contributed by atoms with Crippen molar-refractivity contribution in [2.75, 3.05) is 13.1 Å². The summed E-state index contributed by atoms with van der Waals surface area (Å²) in [5.74, 6) is 0. The van der Waals surface area contributed by atoms with Gasteiger partial charge < -0.3 is 5.32 Å². The van der Waals surface area contributed by atoms with Gasteiger partial charge in [0.1, 0.15) is 0 Å². The molecule has 0 bridgehead atoms. The minimum atomic E-state index is 0.218. The summed E-state index contributed by atoms with van der Waals surface area (Å²) >= 11 is 0. The fourth-order valence-electron chi connectivity index (χ4n) is 2.29. The smallest absolute Gasteiger partial charge is 0.0226 e. The molecule has 0 radical (unpaired) electrons. The second-order valence-corrected chi connectivity index (χ2v) is 6.29. The third-order valence-corrected chi connectivity index (χ3v) is 3.31. The Morgan fingerprint density at radius 3 is 2.47 bits per heavy atom. The summed E-state index contributed by atoms with van der Waals surface area (Å²) in [6, 6.07) is 1.50. The summed E-state index contributed by atoms with van der Waals surface area (Å²) in [5, 5.41) is 3.65. The molecule has 1 aliphatic rings. The van der Waals surface area contributed by atoms with Gasteiger partial charge in [0.05, 0.1) is 0 Å². The molecule has 1 rings (SSSR count). The molecular weight excluding hydrogens is 208 g/mol. The molecule has 17 heavy (non-hydrogen) atoms. The monoisotopic (exact) mass is 238 g/mol. The van der Waals surface area contributed by atoms with Gasteiger partial charge in [0.2, 0.25) is 0 Å². The lowest BCUT2D eigenvalue weighted by Gasteiger charge is -2.33. The molecule has 0 aliphatic heterocycles. The predicted octanol–water partition coefficient (Wildman–Crippen LogP) is 3.19. The quantitative estimate of drug-likeness (QED) is 0.653. The Bertz CT molecular complexity index is 226. The van der Waals surface area contributed by atoms with E-state index in [1.54, 1.807) is 0 Å². The SMILES string of the molecule is C=CCN(C1CC1)C(CCC)CNC(C)(C)C. The van der Waals surface area contributed by atoms with Crippen molar-refractivity contribution in [1.29, 1.82) is 0 Å². The number of nitrogens with zero attached hydrogens (tertiary/aromatic N) is 1. The molecule has 1 unspecified atom stereocenters. The normalized spacial score (nSPS) is 18.4. The van der Waals surface area contributed by atoms with Crippen LogP contribution in [0.4, 0.5) is 0 Å². The lowest BCUT2D eigenvalue weighted by Crippen LogP contribution is -2.48. The zero-order chi connectivity index (χ0) is 12.9. The molecule has 0 amide bonds. The zero-order valence-corrected chi connectivity index (χ0v) is 12.1. The molecule has 1 N–H and O–H groups in total. The molecule has 2 nitrogen and oxygen atoms in total. The highest BCUT2D eigenvalue weighted by atomic mass is 15.2. The van der Waals surface area contributed by atoms with Crippen LogP contribution in [0.2, 0.25) is 0 Å².